The molecule has 0 aliphatic rings. The van der Waals surface area contributed by atoms with Crippen molar-refractivity contribution in [2.24, 2.45) is 0 Å². The lowest BCUT2D eigenvalue weighted by Gasteiger charge is -2.14. The lowest BCUT2D eigenvalue weighted by atomic mass is 10.3. The summed E-state index contributed by atoms with van der Waals surface area (Å²) < 4.78 is 38.4. The lowest BCUT2D eigenvalue weighted by molar-refractivity contribution is 0.417. The van der Waals surface area contributed by atoms with Gasteiger partial charge < -0.3 is 20.1 Å². The van der Waals surface area contributed by atoms with Gasteiger partial charge in [-0.05, 0) is 66.8 Å². The largest absolute Gasteiger partial charge is 0.495 e. The van der Waals surface area contributed by atoms with Crippen molar-refractivity contribution >= 4 is 56.0 Å². The Labute approximate surface area is 191 Å². The molecule has 0 spiro atoms. The molecule has 10 heteroatoms. The van der Waals surface area contributed by atoms with Crippen LogP contribution in [0, 0.1) is 0 Å². The molecule has 0 radical (unpaired) electrons. The smallest absolute Gasteiger partial charge is 0.262 e. The maximum Gasteiger partial charge on any atom is 0.262 e. The third-order valence-electron chi connectivity index (χ3n) is 4.18. The Morgan fingerprint density at radius 2 is 1.52 bits per heavy atom. The number of sulfonamides is 1. The van der Waals surface area contributed by atoms with Gasteiger partial charge in [0.05, 0.1) is 30.5 Å². The van der Waals surface area contributed by atoms with Crippen LogP contribution in [0.3, 0.4) is 0 Å². The summed E-state index contributed by atoms with van der Waals surface area (Å²) in [5.41, 5.74) is 1.57. The molecule has 0 heterocycles. The van der Waals surface area contributed by atoms with Crippen LogP contribution in [0.25, 0.3) is 0 Å². The molecule has 3 aromatic carbocycles. The van der Waals surface area contributed by atoms with Crippen molar-refractivity contribution in [2.45, 2.75) is 4.90 Å². The predicted octanol–water partition coefficient (Wildman–Crippen LogP) is 4.97. The minimum atomic E-state index is -3.79. The van der Waals surface area contributed by atoms with Crippen LogP contribution >= 0.6 is 23.8 Å². The van der Waals surface area contributed by atoms with Gasteiger partial charge in [-0.1, -0.05) is 23.7 Å². The number of anilines is 3. The predicted molar refractivity (Wildman–Crippen MR) is 128 cm³/mol. The summed E-state index contributed by atoms with van der Waals surface area (Å²) in [6, 6.07) is 18.1. The highest BCUT2D eigenvalue weighted by atomic mass is 35.5. The van der Waals surface area contributed by atoms with E-state index in [2.05, 4.69) is 15.4 Å². The van der Waals surface area contributed by atoms with Crippen LogP contribution < -0.4 is 24.8 Å². The molecule has 0 atom stereocenters. The summed E-state index contributed by atoms with van der Waals surface area (Å²) in [7, 11) is -0.770. The highest BCUT2D eigenvalue weighted by Gasteiger charge is 2.16. The average molecular weight is 478 g/mol. The van der Waals surface area contributed by atoms with Gasteiger partial charge in [-0.15, -0.1) is 0 Å². The van der Waals surface area contributed by atoms with E-state index in [-0.39, 0.29) is 4.90 Å². The summed E-state index contributed by atoms with van der Waals surface area (Å²) in [6.07, 6.45) is 0. The molecule has 31 heavy (non-hydrogen) atoms. The van der Waals surface area contributed by atoms with Gasteiger partial charge in [-0.25, -0.2) is 8.42 Å². The molecule has 3 aromatic rings. The van der Waals surface area contributed by atoms with E-state index in [0.29, 0.717) is 38.7 Å². The third-order valence-corrected chi connectivity index (χ3v) is 6.00. The van der Waals surface area contributed by atoms with Crippen LogP contribution in [0.4, 0.5) is 17.1 Å². The Bertz CT molecular complexity index is 1190. The number of halogens is 1. The van der Waals surface area contributed by atoms with Crippen LogP contribution in [0.1, 0.15) is 0 Å². The van der Waals surface area contributed by atoms with Crippen molar-refractivity contribution in [3.63, 3.8) is 0 Å². The van der Waals surface area contributed by atoms with E-state index in [0.717, 1.165) is 0 Å². The second-order valence-electron chi connectivity index (χ2n) is 6.25. The average Bonchev–Trinajstić information content (AvgIpc) is 2.74. The zero-order chi connectivity index (χ0) is 22.4. The maximum absolute atomic E-state index is 12.7. The number of rotatable bonds is 7. The Balaban J connectivity index is 1.70. The molecular formula is C21H20ClN3O4S2. The molecule has 0 aliphatic heterocycles. The zero-order valence-electron chi connectivity index (χ0n) is 16.7. The van der Waals surface area contributed by atoms with Crippen molar-refractivity contribution in [1.29, 1.82) is 0 Å². The molecule has 0 saturated heterocycles. The molecule has 0 bridgehead atoms. The molecular weight excluding hydrogens is 458 g/mol. The number of thiocarbonyl (C=S) groups is 1. The highest BCUT2D eigenvalue weighted by molar-refractivity contribution is 7.92. The molecule has 0 fully saturated rings. The minimum Gasteiger partial charge on any atom is -0.495 e. The highest BCUT2D eigenvalue weighted by Crippen LogP contribution is 2.28. The van der Waals surface area contributed by atoms with Gasteiger partial charge in [0.1, 0.15) is 11.5 Å². The maximum atomic E-state index is 12.7. The standard InChI is InChI=1S/C21H20ClN3O4S2/c1-28-19-6-4-3-5-17(19)25-31(26,27)16-10-8-15(9-11-16)23-21(30)24-18-13-14(22)7-12-20(18)29-2/h3-13,25H,1-2H3,(H2,23,24,30). The molecule has 7 nitrogen and oxygen atoms in total. The van der Waals surface area contributed by atoms with Crippen LogP contribution in [0.2, 0.25) is 5.02 Å². The summed E-state index contributed by atoms with van der Waals surface area (Å²) in [4.78, 5) is 0.0966. The Morgan fingerprint density at radius 3 is 2.19 bits per heavy atom. The van der Waals surface area contributed by atoms with Gasteiger partial charge in [0.2, 0.25) is 0 Å². The topological polar surface area (TPSA) is 88.7 Å². The molecule has 0 aliphatic carbocycles. The van der Waals surface area contributed by atoms with Crippen molar-refractivity contribution in [3.05, 3.63) is 71.8 Å². The van der Waals surface area contributed by atoms with E-state index < -0.39 is 10.0 Å². The number of methoxy groups -OCH3 is 2. The first kappa shape index (κ1) is 22.7. The van der Waals surface area contributed by atoms with E-state index in [1.165, 1.54) is 19.2 Å². The van der Waals surface area contributed by atoms with Gasteiger partial charge in [-0.3, -0.25) is 4.72 Å². The number of hydrogen-bond donors (Lipinski definition) is 3. The van der Waals surface area contributed by atoms with Crippen molar-refractivity contribution in [1.82, 2.24) is 0 Å². The fourth-order valence-electron chi connectivity index (χ4n) is 2.71. The van der Waals surface area contributed by atoms with Crippen molar-refractivity contribution in [2.75, 3.05) is 29.6 Å². The minimum absolute atomic E-state index is 0.0966. The van der Waals surface area contributed by atoms with Gasteiger partial charge >= 0.3 is 0 Å². The molecule has 3 N–H and O–H groups in total. The first-order valence-corrected chi connectivity index (χ1v) is 11.3. The first-order chi connectivity index (χ1) is 14.8. The van der Waals surface area contributed by atoms with E-state index in [1.807, 2.05) is 0 Å². The van der Waals surface area contributed by atoms with Crippen LogP contribution in [-0.4, -0.2) is 27.7 Å². The molecule has 0 amide bonds. The second-order valence-corrected chi connectivity index (χ2v) is 8.78. The third kappa shape index (κ3) is 5.78. The van der Waals surface area contributed by atoms with Crippen molar-refractivity contribution in [3.8, 4) is 11.5 Å². The fourth-order valence-corrected chi connectivity index (χ4v) is 4.18. The molecule has 0 unspecified atom stereocenters. The molecule has 0 saturated carbocycles. The van der Waals surface area contributed by atoms with E-state index in [1.54, 1.807) is 61.7 Å². The number of benzene rings is 3. The Kier molecular flexibility index (Phi) is 7.21. The summed E-state index contributed by atoms with van der Waals surface area (Å²) in [5.74, 6) is 1.01. The van der Waals surface area contributed by atoms with Crippen LogP contribution in [0.5, 0.6) is 11.5 Å². The number of para-hydroxylation sites is 2. The number of ether oxygens (including phenoxy) is 2. The monoisotopic (exact) mass is 477 g/mol. The normalized spacial score (nSPS) is 10.8. The second kappa shape index (κ2) is 9.86. The van der Waals surface area contributed by atoms with Gasteiger partial charge in [-0.2, -0.15) is 0 Å². The number of hydrogen-bond acceptors (Lipinski definition) is 5. The number of nitrogens with one attached hydrogen (secondary N) is 3. The van der Waals surface area contributed by atoms with Gasteiger partial charge in [0.15, 0.2) is 5.11 Å². The van der Waals surface area contributed by atoms with Gasteiger partial charge in [0, 0.05) is 10.7 Å². The first-order valence-electron chi connectivity index (χ1n) is 9.00. The summed E-state index contributed by atoms with van der Waals surface area (Å²) >= 11 is 11.3. The van der Waals surface area contributed by atoms with Gasteiger partial charge in [0.25, 0.3) is 10.0 Å². The van der Waals surface area contributed by atoms with Crippen molar-refractivity contribution < 1.29 is 17.9 Å². The SMILES string of the molecule is COc1ccc(Cl)cc1NC(=S)Nc1ccc(S(=O)(=O)Nc2ccccc2OC)cc1. The molecule has 0 aromatic heterocycles. The zero-order valence-corrected chi connectivity index (χ0v) is 19.1. The van der Waals surface area contributed by atoms with E-state index in [4.69, 9.17) is 33.3 Å². The van der Waals surface area contributed by atoms with Crippen LogP contribution in [0.15, 0.2) is 71.6 Å². The van der Waals surface area contributed by atoms with Crippen LogP contribution in [-0.2, 0) is 10.0 Å². The van der Waals surface area contributed by atoms with E-state index >= 15 is 0 Å². The Hall–Kier alpha value is -3.01. The van der Waals surface area contributed by atoms with E-state index in [9.17, 15) is 8.42 Å². The Morgan fingerprint density at radius 1 is 0.871 bits per heavy atom. The molecule has 3 rings (SSSR count). The summed E-state index contributed by atoms with van der Waals surface area (Å²) in [5, 5.41) is 6.83. The lowest BCUT2D eigenvalue weighted by Crippen LogP contribution is -2.19. The quantitative estimate of drug-likeness (QED) is 0.414. The fraction of sp³-hybridized carbons (Fsp3) is 0.0952. The molecule has 162 valence electrons. The summed E-state index contributed by atoms with van der Waals surface area (Å²) in [6.45, 7) is 0.